The summed E-state index contributed by atoms with van der Waals surface area (Å²) in [6, 6.07) is 2.66. The van der Waals surface area contributed by atoms with Crippen LogP contribution in [0.4, 0.5) is 4.39 Å². The van der Waals surface area contributed by atoms with Gasteiger partial charge in [-0.25, -0.2) is 22.9 Å². The summed E-state index contributed by atoms with van der Waals surface area (Å²) in [5.74, 6) is -1.25. The Balaban J connectivity index is 1.78. The van der Waals surface area contributed by atoms with Crippen molar-refractivity contribution in [3.8, 4) is 5.88 Å². The number of ketones is 1. The van der Waals surface area contributed by atoms with Gasteiger partial charge in [-0.3, -0.25) is 19.6 Å². The summed E-state index contributed by atoms with van der Waals surface area (Å²) in [6.07, 6.45) is 3.44. The van der Waals surface area contributed by atoms with Crippen LogP contribution in [0, 0.1) is 5.82 Å². The van der Waals surface area contributed by atoms with Gasteiger partial charge >= 0.3 is 5.97 Å². The van der Waals surface area contributed by atoms with Crippen molar-refractivity contribution in [2.24, 2.45) is 9.36 Å². The van der Waals surface area contributed by atoms with Crippen LogP contribution in [0.25, 0.3) is 0 Å². The van der Waals surface area contributed by atoms with Crippen LogP contribution in [0.2, 0.25) is 0 Å². The predicted molar refractivity (Wildman–Crippen MR) is 149 cm³/mol. The minimum absolute atomic E-state index is 0.0365. The molecule has 2 aliphatic heterocycles. The fourth-order valence-corrected chi connectivity index (χ4v) is 8.56. The monoisotopic (exact) mass is 573 g/mol. The van der Waals surface area contributed by atoms with Gasteiger partial charge in [0, 0.05) is 18.0 Å². The summed E-state index contributed by atoms with van der Waals surface area (Å²) in [5, 5.41) is -0.647. The number of ether oxygens (including phenoxy) is 2. The van der Waals surface area contributed by atoms with Gasteiger partial charge in [-0.1, -0.05) is 0 Å². The van der Waals surface area contributed by atoms with Gasteiger partial charge in [0.05, 0.1) is 52.1 Å². The number of hydrogen-bond acceptors (Lipinski definition) is 10. The van der Waals surface area contributed by atoms with E-state index in [9.17, 15) is 13.8 Å². The van der Waals surface area contributed by atoms with Crippen molar-refractivity contribution >= 4 is 27.2 Å². The van der Waals surface area contributed by atoms with Gasteiger partial charge < -0.3 is 9.47 Å². The standard InChI is InChI=1S/C28H36FN5O5S/c1-26(2,3)39-24(36)14-21-27(4,5)40(37)22(9-8-12-32-40)28(6,34-21)25-18(29)11-10-17(33-25)13-20(35)19-15-31-23(38-7)16-30-19/h10-11,15-16,22H,8-9,12-14H2,1-7H3/t22-,28-,40+/m0/s1. The molecule has 0 N–H and O–H groups in total. The molecule has 0 aromatic carbocycles. The highest BCUT2D eigenvalue weighted by Gasteiger charge is 2.57. The largest absolute Gasteiger partial charge is 0.480 e. The molecule has 10 nitrogen and oxygen atoms in total. The summed E-state index contributed by atoms with van der Waals surface area (Å²) in [6.45, 7) is 10.9. The van der Waals surface area contributed by atoms with Crippen molar-refractivity contribution in [2.45, 2.75) is 88.4 Å². The first kappa shape index (κ1) is 29.7. The van der Waals surface area contributed by atoms with Crippen LogP contribution in [-0.2, 0) is 31.2 Å². The lowest BCUT2D eigenvalue weighted by Crippen LogP contribution is -2.59. The zero-order chi connectivity index (χ0) is 29.5. The molecule has 2 aliphatic rings. The zero-order valence-corrected chi connectivity index (χ0v) is 24.8. The minimum atomic E-state index is -3.02. The molecular weight excluding hydrogens is 537 g/mol. The van der Waals surface area contributed by atoms with E-state index in [1.165, 1.54) is 31.6 Å². The lowest BCUT2D eigenvalue weighted by atomic mass is 9.87. The number of esters is 1. The topological polar surface area (TPSA) is 133 Å². The second-order valence-corrected chi connectivity index (χ2v) is 14.7. The van der Waals surface area contributed by atoms with Crippen molar-refractivity contribution in [3.63, 3.8) is 0 Å². The Bertz CT molecular complexity index is 1470. The molecule has 4 heterocycles. The molecule has 0 spiro atoms. The third kappa shape index (κ3) is 5.50. The highest BCUT2D eigenvalue weighted by Crippen LogP contribution is 2.48. The van der Waals surface area contributed by atoms with E-state index in [0.29, 0.717) is 30.8 Å². The Labute approximate surface area is 234 Å². The maximum absolute atomic E-state index is 15.6. The normalized spacial score (nSPS) is 25.7. The lowest BCUT2D eigenvalue weighted by molar-refractivity contribution is -0.153. The number of hydrogen-bond donors (Lipinski definition) is 0. The Morgan fingerprint density at radius 2 is 1.85 bits per heavy atom. The van der Waals surface area contributed by atoms with Gasteiger partial charge in [0.25, 0.3) is 0 Å². The van der Waals surface area contributed by atoms with Crippen molar-refractivity contribution < 1.29 is 27.7 Å². The number of aliphatic imine (C=N–C) groups is 1. The fraction of sp³-hybridized carbons (Fsp3) is 0.571. The molecule has 3 atom stereocenters. The van der Waals surface area contributed by atoms with E-state index < -0.39 is 42.7 Å². The average molecular weight is 574 g/mol. The summed E-state index contributed by atoms with van der Waals surface area (Å²) in [5.41, 5.74) is -1.41. The van der Waals surface area contributed by atoms with Crippen LogP contribution in [-0.4, -0.2) is 65.9 Å². The molecule has 0 saturated heterocycles. The number of carbonyl (C=O) groups excluding carboxylic acids is 2. The SMILES string of the molecule is COc1cnc(C(=O)Cc2ccc(F)c([C@@]3(C)N=C(CC(=O)OC(C)(C)C)C(C)(C)[S@@]4(=O)=NCCC[C@@H]34)n2)cn1. The Morgan fingerprint density at radius 1 is 1.12 bits per heavy atom. The first-order valence-corrected chi connectivity index (χ1v) is 14.8. The van der Waals surface area contributed by atoms with Gasteiger partial charge in [-0.15, -0.1) is 0 Å². The Morgan fingerprint density at radius 3 is 2.48 bits per heavy atom. The first-order chi connectivity index (χ1) is 18.6. The van der Waals surface area contributed by atoms with E-state index in [1.54, 1.807) is 41.5 Å². The molecule has 2 aromatic heterocycles. The van der Waals surface area contributed by atoms with Gasteiger partial charge in [-0.2, -0.15) is 0 Å². The van der Waals surface area contributed by atoms with E-state index in [2.05, 4.69) is 19.3 Å². The zero-order valence-electron chi connectivity index (χ0n) is 24.0. The molecule has 0 fully saturated rings. The third-order valence-electron chi connectivity index (χ3n) is 7.29. The number of Topliss-reactive ketones (excluding diaryl/α,β-unsaturated/α-hetero) is 1. The van der Waals surface area contributed by atoms with E-state index in [4.69, 9.17) is 14.5 Å². The van der Waals surface area contributed by atoms with Crippen molar-refractivity contribution in [2.75, 3.05) is 13.7 Å². The molecule has 12 heteroatoms. The summed E-state index contributed by atoms with van der Waals surface area (Å²) >= 11 is 0. The maximum atomic E-state index is 15.6. The van der Waals surface area contributed by atoms with Gasteiger partial charge in [0.2, 0.25) is 5.88 Å². The van der Waals surface area contributed by atoms with E-state index in [-0.39, 0.29) is 35.9 Å². The molecule has 0 saturated carbocycles. The molecule has 4 rings (SSSR count). The first-order valence-electron chi connectivity index (χ1n) is 13.2. The molecule has 0 unspecified atom stereocenters. The number of carbonyl (C=O) groups is 2. The summed E-state index contributed by atoms with van der Waals surface area (Å²) in [7, 11) is -1.58. The Hall–Kier alpha value is -3.28. The highest BCUT2D eigenvalue weighted by molar-refractivity contribution is 7.96. The van der Waals surface area contributed by atoms with Crippen molar-refractivity contribution in [3.05, 3.63) is 47.4 Å². The molecule has 0 aliphatic carbocycles. The molecule has 0 amide bonds. The summed E-state index contributed by atoms with van der Waals surface area (Å²) < 4.78 is 44.3. The number of fused-ring (bicyclic) bond motifs is 1. The van der Waals surface area contributed by atoms with Gasteiger partial charge in [0.15, 0.2) is 5.78 Å². The van der Waals surface area contributed by atoms with Crippen LogP contribution in [0.15, 0.2) is 33.9 Å². The molecule has 216 valence electrons. The highest BCUT2D eigenvalue weighted by atomic mass is 32.2. The number of nitrogens with zero attached hydrogens (tertiary/aromatic N) is 5. The van der Waals surface area contributed by atoms with E-state index in [0.717, 1.165) is 0 Å². The van der Waals surface area contributed by atoms with Crippen LogP contribution in [0.3, 0.4) is 0 Å². The Kier molecular flexibility index (Phi) is 7.87. The number of aromatic nitrogens is 3. The van der Waals surface area contributed by atoms with E-state index in [1.807, 2.05) is 0 Å². The molecule has 2 aromatic rings. The number of halogens is 1. The smallest absolute Gasteiger partial charge is 0.312 e. The van der Waals surface area contributed by atoms with Crippen molar-refractivity contribution in [1.82, 2.24) is 15.0 Å². The van der Waals surface area contributed by atoms with E-state index >= 15 is 4.39 Å². The number of methoxy groups -OCH3 is 1. The third-order valence-corrected chi connectivity index (χ3v) is 11.0. The summed E-state index contributed by atoms with van der Waals surface area (Å²) in [4.78, 5) is 43.4. The number of pyridine rings is 1. The quantitative estimate of drug-likeness (QED) is 0.355. The van der Waals surface area contributed by atoms with Crippen LogP contribution in [0.5, 0.6) is 5.88 Å². The molecular formula is C28H36FN5O5S. The molecule has 0 radical (unpaired) electrons. The minimum Gasteiger partial charge on any atom is -0.480 e. The second-order valence-electron chi connectivity index (χ2n) is 11.7. The van der Waals surface area contributed by atoms with Crippen LogP contribution >= 0.6 is 0 Å². The maximum Gasteiger partial charge on any atom is 0.312 e. The van der Waals surface area contributed by atoms with Gasteiger partial charge in [-0.05, 0) is 66.5 Å². The average Bonchev–Trinajstić information content (AvgIpc) is 2.87. The second kappa shape index (κ2) is 10.6. The van der Waals surface area contributed by atoms with Crippen LogP contribution < -0.4 is 4.74 Å². The molecule has 40 heavy (non-hydrogen) atoms. The number of rotatable bonds is 7. The predicted octanol–water partition coefficient (Wildman–Crippen LogP) is 4.26. The van der Waals surface area contributed by atoms with Crippen LogP contribution in [0.1, 0.15) is 82.7 Å². The molecule has 0 bridgehead atoms. The lowest BCUT2D eigenvalue weighted by Gasteiger charge is -2.48. The van der Waals surface area contributed by atoms with Crippen molar-refractivity contribution in [1.29, 1.82) is 0 Å². The fourth-order valence-electron chi connectivity index (χ4n) is 5.22. The van der Waals surface area contributed by atoms with Gasteiger partial charge in [0.1, 0.15) is 28.3 Å².